The predicted molar refractivity (Wildman–Crippen MR) is 90.9 cm³/mol. The van der Waals surface area contributed by atoms with E-state index >= 15 is 0 Å². The normalized spacial score (nSPS) is 34.8. The molecule has 0 spiro atoms. The van der Waals surface area contributed by atoms with Crippen LogP contribution in [-0.2, 0) is 4.74 Å². The van der Waals surface area contributed by atoms with Crippen LogP contribution >= 0.6 is 0 Å². The second kappa shape index (κ2) is 9.42. The van der Waals surface area contributed by atoms with E-state index in [1.807, 2.05) is 0 Å². The molecule has 0 aromatic rings. The summed E-state index contributed by atoms with van der Waals surface area (Å²) in [4.78, 5) is 12.2. The first-order chi connectivity index (χ1) is 11.1. The minimum absolute atomic E-state index is 0.112. The third-order valence-electron chi connectivity index (χ3n) is 4.67. The molecule has 3 atom stereocenters. The van der Waals surface area contributed by atoms with E-state index in [0.29, 0.717) is 12.1 Å². The van der Waals surface area contributed by atoms with Crippen molar-refractivity contribution in [3.05, 3.63) is 0 Å². The zero-order valence-electron chi connectivity index (χ0n) is 14.7. The van der Waals surface area contributed by atoms with E-state index in [0.717, 1.165) is 45.1 Å². The first-order valence-electron chi connectivity index (χ1n) is 8.96. The van der Waals surface area contributed by atoms with Gasteiger partial charge in [-0.05, 0) is 52.0 Å². The lowest BCUT2D eigenvalue weighted by Crippen LogP contribution is -2.68. The number of hydrogen-bond donors (Lipinski definition) is 5. The van der Waals surface area contributed by atoms with Crippen molar-refractivity contribution in [3.8, 4) is 0 Å². The second-order valence-corrected chi connectivity index (χ2v) is 6.74. The van der Waals surface area contributed by atoms with Gasteiger partial charge in [0, 0.05) is 19.2 Å². The smallest absolute Gasteiger partial charge is 0.317 e. The monoisotopic (exact) mass is 327 g/mol. The zero-order valence-corrected chi connectivity index (χ0v) is 14.7. The van der Waals surface area contributed by atoms with Crippen LogP contribution < -0.4 is 26.6 Å². The fourth-order valence-corrected chi connectivity index (χ4v) is 3.37. The van der Waals surface area contributed by atoms with Crippen LogP contribution in [0.2, 0.25) is 0 Å². The summed E-state index contributed by atoms with van der Waals surface area (Å²) in [7, 11) is 1.76. The van der Waals surface area contributed by atoms with Gasteiger partial charge in [0.05, 0.1) is 12.3 Å². The maximum absolute atomic E-state index is 12.2. The molecule has 7 heteroatoms. The van der Waals surface area contributed by atoms with Crippen molar-refractivity contribution in [3.63, 3.8) is 0 Å². The van der Waals surface area contributed by atoms with Gasteiger partial charge in [0.15, 0.2) is 0 Å². The lowest BCUT2D eigenvalue weighted by molar-refractivity contribution is 0.0633. The zero-order chi connectivity index (χ0) is 16.7. The predicted octanol–water partition coefficient (Wildman–Crippen LogP) is 0.824. The van der Waals surface area contributed by atoms with Crippen LogP contribution in [0.25, 0.3) is 0 Å². The molecule has 1 saturated carbocycles. The quantitative estimate of drug-likeness (QED) is 0.499. The highest BCUT2D eigenvalue weighted by atomic mass is 16.5. The Morgan fingerprint density at radius 2 is 1.91 bits per heavy atom. The molecule has 0 aromatic carbocycles. The maximum Gasteiger partial charge on any atom is 0.317 e. The Labute approximate surface area is 139 Å². The van der Waals surface area contributed by atoms with Gasteiger partial charge in [-0.1, -0.05) is 6.92 Å². The number of hydrogen-bond acceptors (Lipinski definition) is 5. The molecule has 2 rings (SSSR count). The van der Waals surface area contributed by atoms with Gasteiger partial charge < -0.3 is 20.7 Å². The lowest BCUT2D eigenvalue weighted by atomic mass is 9.93. The molecule has 3 unspecified atom stereocenters. The fraction of sp³-hybridized carbons (Fsp3) is 0.938. The number of methoxy groups -OCH3 is 1. The standard InChI is InChI=1S/C16H33N5O2/c1-4-9-17-14-10-11(2)18-15(20-14)21-16(22)19-12-5-7-13(23-3)8-6-12/h11-15,17-18,20H,4-10H2,1-3H3,(H2,19,21,22). The summed E-state index contributed by atoms with van der Waals surface area (Å²) in [6.07, 6.45) is 6.47. The summed E-state index contributed by atoms with van der Waals surface area (Å²) in [6.45, 7) is 5.27. The fourth-order valence-electron chi connectivity index (χ4n) is 3.37. The van der Waals surface area contributed by atoms with Crippen LogP contribution in [0.5, 0.6) is 0 Å². The highest BCUT2D eigenvalue weighted by Gasteiger charge is 2.27. The molecular weight excluding hydrogens is 294 g/mol. The first kappa shape index (κ1) is 18.4. The minimum Gasteiger partial charge on any atom is -0.381 e. The van der Waals surface area contributed by atoms with E-state index in [-0.39, 0.29) is 24.5 Å². The van der Waals surface area contributed by atoms with E-state index in [4.69, 9.17) is 4.74 Å². The SMILES string of the molecule is CCCNC1CC(C)NC(NC(=O)NC2CCC(OC)CC2)N1. The second-order valence-electron chi connectivity index (χ2n) is 6.74. The van der Waals surface area contributed by atoms with Gasteiger partial charge in [0.2, 0.25) is 0 Å². The Bertz CT molecular complexity index is 360. The molecule has 1 aliphatic heterocycles. The number of carbonyl (C=O) groups is 1. The lowest BCUT2D eigenvalue weighted by Gasteiger charge is -2.37. The van der Waals surface area contributed by atoms with Crippen LogP contribution in [0.3, 0.4) is 0 Å². The topological polar surface area (TPSA) is 86.5 Å². The third-order valence-corrected chi connectivity index (χ3v) is 4.67. The van der Waals surface area contributed by atoms with Crippen LogP contribution in [0.4, 0.5) is 4.79 Å². The average molecular weight is 327 g/mol. The van der Waals surface area contributed by atoms with Crippen molar-refractivity contribution >= 4 is 6.03 Å². The van der Waals surface area contributed by atoms with Gasteiger partial charge in [0.25, 0.3) is 0 Å². The summed E-state index contributed by atoms with van der Waals surface area (Å²) >= 11 is 0. The number of nitrogens with one attached hydrogen (secondary N) is 5. The summed E-state index contributed by atoms with van der Waals surface area (Å²) in [5.74, 6) is 0. The van der Waals surface area contributed by atoms with E-state index in [1.165, 1.54) is 0 Å². The number of rotatable bonds is 6. The molecule has 0 bridgehead atoms. The number of urea groups is 1. The van der Waals surface area contributed by atoms with Crippen LogP contribution in [-0.4, -0.2) is 50.3 Å². The van der Waals surface area contributed by atoms with Gasteiger partial charge >= 0.3 is 6.03 Å². The van der Waals surface area contributed by atoms with Crippen LogP contribution in [0.1, 0.15) is 52.4 Å². The molecule has 134 valence electrons. The van der Waals surface area contributed by atoms with Crippen molar-refractivity contribution in [1.29, 1.82) is 0 Å². The molecule has 0 aromatic heterocycles. The Kier molecular flexibility index (Phi) is 7.55. The number of ether oxygens (including phenoxy) is 1. The van der Waals surface area contributed by atoms with E-state index < -0.39 is 0 Å². The number of carbonyl (C=O) groups excluding carboxylic acids is 1. The Morgan fingerprint density at radius 1 is 1.17 bits per heavy atom. The summed E-state index contributed by atoms with van der Waals surface area (Å²) in [5.41, 5.74) is 0. The maximum atomic E-state index is 12.2. The van der Waals surface area contributed by atoms with E-state index in [9.17, 15) is 4.79 Å². The van der Waals surface area contributed by atoms with Crippen molar-refractivity contribution in [1.82, 2.24) is 26.6 Å². The van der Waals surface area contributed by atoms with Crippen LogP contribution in [0.15, 0.2) is 0 Å². The highest BCUT2D eigenvalue weighted by Crippen LogP contribution is 2.20. The van der Waals surface area contributed by atoms with Crippen molar-refractivity contribution in [2.24, 2.45) is 0 Å². The first-order valence-corrected chi connectivity index (χ1v) is 8.96. The largest absolute Gasteiger partial charge is 0.381 e. The molecule has 7 nitrogen and oxygen atoms in total. The molecule has 1 heterocycles. The van der Waals surface area contributed by atoms with E-state index in [1.54, 1.807) is 7.11 Å². The Balaban J connectivity index is 1.71. The number of amides is 2. The van der Waals surface area contributed by atoms with Gasteiger partial charge in [-0.2, -0.15) is 0 Å². The van der Waals surface area contributed by atoms with Gasteiger partial charge in [0.1, 0.15) is 6.29 Å². The van der Waals surface area contributed by atoms with Gasteiger partial charge in [-0.25, -0.2) is 4.79 Å². The summed E-state index contributed by atoms with van der Waals surface area (Å²) < 4.78 is 5.37. The molecule has 2 amide bonds. The molecule has 0 radical (unpaired) electrons. The molecule has 2 fully saturated rings. The summed E-state index contributed by atoms with van der Waals surface area (Å²) in [6, 6.07) is 0.490. The molecule has 23 heavy (non-hydrogen) atoms. The Morgan fingerprint density at radius 3 is 2.57 bits per heavy atom. The molecule has 1 saturated heterocycles. The Hall–Kier alpha value is -0.890. The molecular formula is C16H33N5O2. The van der Waals surface area contributed by atoms with Crippen molar-refractivity contribution in [2.75, 3.05) is 13.7 Å². The van der Waals surface area contributed by atoms with Crippen molar-refractivity contribution < 1.29 is 9.53 Å². The molecule has 2 aliphatic rings. The van der Waals surface area contributed by atoms with Gasteiger partial charge in [-0.15, -0.1) is 0 Å². The van der Waals surface area contributed by atoms with Crippen LogP contribution in [0, 0.1) is 0 Å². The third kappa shape index (κ3) is 6.25. The molecule has 5 N–H and O–H groups in total. The average Bonchev–Trinajstić information content (AvgIpc) is 2.53. The van der Waals surface area contributed by atoms with E-state index in [2.05, 4.69) is 40.4 Å². The minimum atomic E-state index is -0.205. The molecule has 1 aliphatic carbocycles. The van der Waals surface area contributed by atoms with Crippen molar-refractivity contribution in [2.45, 2.75) is 83.0 Å². The highest BCUT2D eigenvalue weighted by molar-refractivity contribution is 5.74. The summed E-state index contributed by atoms with van der Waals surface area (Å²) in [5, 5.41) is 16.3. The van der Waals surface area contributed by atoms with Gasteiger partial charge in [-0.3, -0.25) is 10.6 Å².